The van der Waals surface area contributed by atoms with Gasteiger partial charge in [-0.1, -0.05) is 24.3 Å². The van der Waals surface area contributed by atoms with Gasteiger partial charge in [0.1, 0.15) is 11.3 Å². The lowest BCUT2D eigenvalue weighted by molar-refractivity contribution is -0.183. The van der Waals surface area contributed by atoms with Crippen molar-refractivity contribution in [1.82, 2.24) is 19.8 Å². The van der Waals surface area contributed by atoms with Gasteiger partial charge in [-0.3, -0.25) is 4.79 Å². The molecule has 1 aliphatic heterocycles. The third kappa shape index (κ3) is 7.58. The fraction of sp³-hybridized carbons (Fsp3) is 0.531. The predicted octanol–water partition coefficient (Wildman–Crippen LogP) is 5.46. The SMILES string of the molecule is CCN=C=NCCCN(C)C.COC1(c2ccccc2C)CCc2c(C(=O)NC3CC3)cc3c(nc(C)n3C)c2O1.Cl. The van der Waals surface area contributed by atoms with E-state index in [1.807, 2.05) is 49.7 Å². The molecule has 1 aromatic heterocycles. The van der Waals surface area contributed by atoms with Gasteiger partial charge in [0.15, 0.2) is 5.75 Å². The Balaban J connectivity index is 0.000000347. The Morgan fingerprint density at radius 1 is 1.26 bits per heavy atom. The second-order valence-electron chi connectivity index (χ2n) is 11.1. The van der Waals surface area contributed by atoms with E-state index in [0.717, 1.165) is 72.4 Å². The lowest BCUT2D eigenvalue weighted by Crippen LogP contribution is -2.40. The summed E-state index contributed by atoms with van der Waals surface area (Å²) in [6.45, 7) is 8.69. The second-order valence-corrected chi connectivity index (χ2v) is 11.1. The Morgan fingerprint density at radius 3 is 2.64 bits per heavy atom. The molecule has 2 aromatic carbocycles. The molecular weight excluding hydrogens is 552 g/mol. The predicted molar refractivity (Wildman–Crippen MR) is 170 cm³/mol. The summed E-state index contributed by atoms with van der Waals surface area (Å²) in [4.78, 5) is 27.8. The number of methoxy groups -OCH3 is 1. The highest BCUT2D eigenvalue weighted by molar-refractivity contribution is 6.02. The molecule has 1 aliphatic carbocycles. The Morgan fingerprint density at radius 2 is 2.00 bits per heavy atom. The van der Waals surface area contributed by atoms with Gasteiger partial charge in [-0.2, -0.15) is 0 Å². The number of imidazole rings is 1. The number of amides is 1. The minimum Gasteiger partial charge on any atom is -0.455 e. The van der Waals surface area contributed by atoms with Gasteiger partial charge in [0.25, 0.3) is 5.91 Å². The van der Waals surface area contributed by atoms with Crippen molar-refractivity contribution in [3.05, 3.63) is 58.4 Å². The molecule has 0 spiro atoms. The molecule has 1 unspecified atom stereocenters. The number of nitrogens with one attached hydrogen (secondary N) is 1. The molecule has 0 radical (unpaired) electrons. The van der Waals surface area contributed by atoms with E-state index in [1.54, 1.807) is 7.11 Å². The zero-order valence-electron chi connectivity index (χ0n) is 26.0. The van der Waals surface area contributed by atoms with Crippen molar-refractivity contribution >= 4 is 35.4 Å². The zero-order chi connectivity index (χ0) is 29.6. The molecule has 9 nitrogen and oxygen atoms in total. The van der Waals surface area contributed by atoms with Crippen LogP contribution in [0.15, 0.2) is 40.3 Å². The minimum absolute atomic E-state index is 0. The van der Waals surface area contributed by atoms with Crippen LogP contribution in [0.25, 0.3) is 11.0 Å². The lowest BCUT2D eigenvalue weighted by atomic mass is 9.89. The number of fused-ring (bicyclic) bond motifs is 3. The van der Waals surface area contributed by atoms with E-state index < -0.39 is 5.79 Å². The number of aliphatic imine (C=N–C) groups is 2. The van der Waals surface area contributed by atoms with Gasteiger partial charge in [-0.25, -0.2) is 15.0 Å². The summed E-state index contributed by atoms with van der Waals surface area (Å²) in [6.07, 6.45) is 4.49. The Hall–Kier alpha value is -3.23. The molecule has 42 heavy (non-hydrogen) atoms. The van der Waals surface area contributed by atoms with E-state index in [2.05, 4.69) is 53.3 Å². The van der Waals surface area contributed by atoms with Gasteiger partial charge in [0.05, 0.1) is 18.1 Å². The highest BCUT2D eigenvalue weighted by Gasteiger charge is 2.42. The lowest BCUT2D eigenvalue weighted by Gasteiger charge is -2.39. The number of rotatable bonds is 9. The van der Waals surface area contributed by atoms with Crippen molar-refractivity contribution in [3.8, 4) is 5.75 Å². The number of halogens is 1. The van der Waals surface area contributed by atoms with Gasteiger partial charge in [0, 0.05) is 49.9 Å². The first-order chi connectivity index (χ1) is 19.7. The molecule has 1 N–H and O–H groups in total. The van der Waals surface area contributed by atoms with Crippen LogP contribution in [0.4, 0.5) is 0 Å². The smallest absolute Gasteiger partial charge is 0.251 e. The van der Waals surface area contributed by atoms with Crippen molar-refractivity contribution < 1.29 is 14.3 Å². The van der Waals surface area contributed by atoms with Crippen molar-refractivity contribution in [2.45, 2.75) is 64.7 Å². The van der Waals surface area contributed by atoms with Crippen LogP contribution in [-0.2, 0) is 24.0 Å². The summed E-state index contributed by atoms with van der Waals surface area (Å²) in [7, 11) is 7.77. The van der Waals surface area contributed by atoms with Crippen LogP contribution >= 0.6 is 12.4 Å². The van der Waals surface area contributed by atoms with Crippen molar-refractivity contribution in [2.75, 3.05) is 40.8 Å². The van der Waals surface area contributed by atoms with Gasteiger partial charge in [0.2, 0.25) is 5.79 Å². The molecule has 10 heteroatoms. The van der Waals surface area contributed by atoms with Gasteiger partial charge < -0.3 is 24.3 Å². The number of benzene rings is 2. The van der Waals surface area contributed by atoms with Crippen LogP contribution < -0.4 is 10.1 Å². The second kappa shape index (κ2) is 14.8. The number of aromatic nitrogens is 2. The maximum atomic E-state index is 13.1. The standard InChI is InChI=1S/C24H27N3O3.C8H17N3.ClH/c1-14-7-5-6-8-19(14)24(29-4)12-11-17-18(23(28)26-16-9-10-16)13-20-21(22(17)30-24)25-15(2)27(20)3;1-4-9-8-10-6-5-7-11(2)3;/h5-8,13,16H,9-12H2,1-4H3,(H,26,28);4-7H2,1-3H3;1H. The van der Waals surface area contributed by atoms with E-state index in [1.165, 1.54) is 0 Å². The van der Waals surface area contributed by atoms with Crippen molar-refractivity contribution in [2.24, 2.45) is 17.0 Å². The average molecular weight is 597 g/mol. The van der Waals surface area contributed by atoms with Crippen LogP contribution in [0, 0.1) is 13.8 Å². The molecule has 2 aliphatic rings. The first kappa shape index (κ1) is 33.3. The summed E-state index contributed by atoms with van der Waals surface area (Å²) >= 11 is 0. The van der Waals surface area contributed by atoms with E-state index >= 15 is 0 Å². The van der Waals surface area contributed by atoms with Crippen LogP contribution in [0.2, 0.25) is 0 Å². The first-order valence-corrected chi connectivity index (χ1v) is 14.5. The molecule has 5 rings (SSSR count). The van der Waals surface area contributed by atoms with Crippen molar-refractivity contribution in [1.29, 1.82) is 0 Å². The van der Waals surface area contributed by atoms with E-state index in [4.69, 9.17) is 14.5 Å². The molecular formula is C32H45ClN6O3. The zero-order valence-corrected chi connectivity index (χ0v) is 26.8. The fourth-order valence-corrected chi connectivity index (χ4v) is 5.09. The van der Waals surface area contributed by atoms with Crippen LogP contribution in [-0.4, -0.2) is 73.2 Å². The normalized spacial score (nSPS) is 17.2. The van der Waals surface area contributed by atoms with Crippen LogP contribution in [0.1, 0.15) is 65.5 Å². The number of aryl methyl sites for hydroxylation is 3. The number of carbonyl (C=O) groups is 1. The highest BCUT2D eigenvalue weighted by Crippen LogP contribution is 2.45. The number of ether oxygens (including phenoxy) is 2. The third-order valence-corrected chi connectivity index (χ3v) is 7.65. The Kier molecular flexibility index (Phi) is 11.7. The Labute approximate surface area is 255 Å². The monoisotopic (exact) mass is 596 g/mol. The number of hydrogen-bond acceptors (Lipinski definition) is 7. The number of carbonyl (C=O) groups excluding carboxylic acids is 1. The fourth-order valence-electron chi connectivity index (χ4n) is 5.09. The van der Waals surface area contributed by atoms with E-state index in [0.29, 0.717) is 30.2 Å². The quantitative estimate of drug-likeness (QED) is 0.261. The Bertz CT molecular complexity index is 1440. The molecule has 3 aromatic rings. The highest BCUT2D eigenvalue weighted by atomic mass is 35.5. The number of nitrogens with zero attached hydrogens (tertiary/aromatic N) is 5. The average Bonchev–Trinajstić information content (AvgIpc) is 3.73. The minimum atomic E-state index is -0.901. The summed E-state index contributed by atoms with van der Waals surface area (Å²) in [5.41, 5.74) is 5.39. The van der Waals surface area contributed by atoms with E-state index in [-0.39, 0.29) is 18.3 Å². The molecule has 1 saturated carbocycles. The van der Waals surface area contributed by atoms with Crippen molar-refractivity contribution in [3.63, 3.8) is 0 Å². The maximum Gasteiger partial charge on any atom is 0.251 e. The van der Waals surface area contributed by atoms with Crippen LogP contribution in [0.5, 0.6) is 5.75 Å². The third-order valence-electron chi connectivity index (χ3n) is 7.65. The molecule has 228 valence electrons. The maximum absolute atomic E-state index is 13.1. The van der Waals surface area contributed by atoms with Crippen LogP contribution in [0.3, 0.4) is 0 Å². The summed E-state index contributed by atoms with van der Waals surface area (Å²) in [6, 6.07) is 13.0. The summed E-state index contributed by atoms with van der Waals surface area (Å²) in [5.74, 6) is 0.606. The molecule has 0 saturated heterocycles. The first-order valence-electron chi connectivity index (χ1n) is 14.5. The number of hydrogen-bond donors (Lipinski definition) is 1. The topological polar surface area (TPSA) is 93.3 Å². The molecule has 1 fully saturated rings. The molecule has 1 atom stereocenters. The molecule has 2 heterocycles. The van der Waals surface area contributed by atoms with Gasteiger partial charge in [-0.15, -0.1) is 12.4 Å². The molecule has 1 amide bonds. The van der Waals surface area contributed by atoms with E-state index in [9.17, 15) is 4.79 Å². The summed E-state index contributed by atoms with van der Waals surface area (Å²) in [5, 5.41) is 3.13. The largest absolute Gasteiger partial charge is 0.455 e. The van der Waals surface area contributed by atoms with Gasteiger partial charge in [-0.05, 0) is 78.7 Å². The van der Waals surface area contributed by atoms with Gasteiger partial charge >= 0.3 is 0 Å². The molecule has 0 bridgehead atoms. The summed E-state index contributed by atoms with van der Waals surface area (Å²) < 4.78 is 14.7.